The fraction of sp³-hybridized carbons (Fsp3) is 0.500. The molecule has 3 rings (SSSR count). The van der Waals surface area contributed by atoms with Crippen LogP contribution in [0.3, 0.4) is 0 Å². The lowest BCUT2D eigenvalue weighted by Gasteiger charge is -2.43. The third-order valence-corrected chi connectivity index (χ3v) is 5.18. The first-order valence-corrected chi connectivity index (χ1v) is 7.85. The predicted octanol–water partition coefficient (Wildman–Crippen LogP) is 3.12. The third-order valence-electron chi connectivity index (χ3n) is 5.18. The Balaban J connectivity index is 1.94. The van der Waals surface area contributed by atoms with Crippen LogP contribution in [0.4, 0.5) is 4.39 Å². The van der Waals surface area contributed by atoms with Gasteiger partial charge in [-0.3, -0.25) is 9.69 Å². The lowest BCUT2D eigenvalue weighted by Crippen LogP contribution is -2.50. The summed E-state index contributed by atoms with van der Waals surface area (Å²) < 4.78 is 18.3. The molecule has 0 spiro atoms. The van der Waals surface area contributed by atoms with Crippen molar-refractivity contribution in [3.8, 4) is 0 Å². The minimum Gasteiger partial charge on any atom is -0.469 e. The highest BCUT2D eigenvalue weighted by atomic mass is 19.1. The molecule has 0 aliphatic carbocycles. The van der Waals surface area contributed by atoms with E-state index in [0.717, 1.165) is 31.4 Å². The topological polar surface area (TPSA) is 29.5 Å². The lowest BCUT2D eigenvalue weighted by molar-refractivity contribution is -0.150. The van der Waals surface area contributed by atoms with Crippen LogP contribution in [-0.2, 0) is 9.53 Å². The van der Waals surface area contributed by atoms with Crippen LogP contribution in [-0.4, -0.2) is 36.6 Å². The van der Waals surface area contributed by atoms with Gasteiger partial charge in [0.05, 0.1) is 13.0 Å². The Labute approximate surface area is 130 Å². The van der Waals surface area contributed by atoms with Crippen molar-refractivity contribution >= 4 is 5.97 Å². The molecule has 22 heavy (non-hydrogen) atoms. The number of rotatable bonds is 4. The van der Waals surface area contributed by atoms with Gasteiger partial charge in [0, 0.05) is 24.5 Å². The number of carbonyl (C=O) groups is 1. The number of ether oxygens (including phenoxy) is 1. The third kappa shape index (κ3) is 2.56. The Morgan fingerprint density at radius 1 is 1.41 bits per heavy atom. The number of methoxy groups -OCH3 is 1. The summed E-state index contributed by atoms with van der Waals surface area (Å²) in [5.41, 5.74) is 1.03. The van der Waals surface area contributed by atoms with Gasteiger partial charge < -0.3 is 4.74 Å². The molecule has 3 nitrogen and oxygen atoms in total. The normalized spacial score (nSPS) is 31.0. The number of esters is 1. The van der Waals surface area contributed by atoms with Crippen molar-refractivity contribution in [1.82, 2.24) is 4.90 Å². The van der Waals surface area contributed by atoms with Gasteiger partial charge >= 0.3 is 5.97 Å². The first kappa shape index (κ1) is 15.2. The van der Waals surface area contributed by atoms with E-state index in [1.807, 2.05) is 6.08 Å². The quantitative estimate of drug-likeness (QED) is 0.632. The molecule has 2 aliphatic rings. The molecular formula is C18H22FNO2. The van der Waals surface area contributed by atoms with E-state index in [0.29, 0.717) is 6.04 Å². The largest absolute Gasteiger partial charge is 0.469 e. The molecule has 118 valence electrons. The van der Waals surface area contributed by atoms with Gasteiger partial charge in [-0.2, -0.15) is 0 Å². The summed E-state index contributed by atoms with van der Waals surface area (Å²) in [5, 5.41) is 0. The monoisotopic (exact) mass is 303 g/mol. The van der Waals surface area contributed by atoms with Crippen LogP contribution in [0, 0.1) is 11.7 Å². The van der Waals surface area contributed by atoms with E-state index in [9.17, 15) is 9.18 Å². The van der Waals surface area contributed by atoms with Gasteiger partial charge in [0.15, 0.2) is 0 Å². The van der Waals surface area contributed by atoms with Gasteiger partial charge in [0.2, 0.25) is 0 Å². The summed E-state index contributed by atoms with van der Waals surface area (Å²) in [7, 11) is 1.45. The average molecular weight is 303 g/mol. The second-order valence-corrected chi connectivity index (χ2v) is 6.23. The Kier molecular flexibility index (Phi) is 4.30. The van der Waals surface area contributed by atoms with E-state index in [1.165, 1.54) is 19.2 Å². The SMILES string of the molecule is C=CCN1[C@H]2CC[C@@H]1[C@@H](C(=O)OC)[C@@H](c1ccc(F)cc1)C2. The van der Waals surface area contributed by atoms with Crippen LogP contribution in [0.1, 0.15) is 30.7 Å². The van der Waals surface area contributed by atoms with Gasteiger partial charge in [0.1, 0.15) is 5.82 Å². The van der Waals surface area contributed by atoms with Crippen LogP contribution in [0.15, 0.2) is 36.9 Å². The number of benzene rings is 1. The summed E-state index contributed by atoms with van der Waals surface area (Å²) in [4.78, 5) is 14.8. The summed E-state index contributed by atoms with van der Waals surface area (Å²) in [6, 6.07) is 7.22. The number of fused-ring (bicyclic) bond motifs is 2. The van der Waals surface area contributed by atoms with Gasteiger partial charge in [-0.05, 0) is 37.0 Å². The van der Waals surface area contributed by atoms with E-state index in [4.69, 9.17) is 4.74 Å². The van der Waals surface area contributed by atoms with Gasteiger partial charge in [0.25, 0.3) is 0 Å². The number of nitrogens with zero attached hydrogens (tertiary/aromatic N) is 1. The first-order valence-electron chi connectivity index (χ1n) is 7.85. The second-order valence-electron chi connectivity index (χ2n) is 6.23. The Hall–Kier alpha value is -1.68. The van der Waals surface area contributed by atoms with E-state index in [2.05, 4.69) is 11.5 Å². The van der Waals surface area contributed by atoms with Crippen LogP contribution in [0.25, 0.3) is 0 Å². The second kappa shape index (κ2) is 6.21. The summed E-state index contributed by atoms with van der Waals surface area (Å²) in [6.45, 7) is 4.63. The molecule has 2 aliphatic heterocycles. The molecule has 2 bridgehead atoms. The molecule has 4 heteroatoms. The minimum atomic E-state index is -0.245. The summed E-state index contributed by atoms with van der Waals surface area (Å²) >= 11 is 0. The molecule has 2 heterocycles. The first-order chi connectivity index (χ1) is 10.7. The van der Waals surface area contributed by atoms with Crippen LogP contribution < -0.4 is 0 Å². The smallest absolute Gasteiger partial charge is 0.310 e. The zero-order valence-electron chi connectivity index (χ0n) is 12.9. The molecule has 0 unspecified atom stereocenters. The number of halogens is 1. The molecule has 0 amide bonds. The molecule has 4 atom stereocenters. The maximum Gasteiger partial charge on any atom is 0.310 e. The van der Waals surface area contributed by atoms with Crippen molar-refractivity contribution in [3.05, 3.63) is 48.3 Å². The van der Waals surface area contributed by atoms with E-state index in [-0.39, 0.29) is 29.7 Å². The van der Waals surface area contributed by atoms with Crippen molar-refractivity contribution in [2.45, 2.75) is 37.3 Å². The highest BCUT2D eigenvalue weighted by Gasteiger charge is 2.50. The van der Waals surface area contributed by atoms with Crippen molar-refractivity contribution in [2.24, 2.45) is 5.92 Å². The molecule has 0 saturated carbocycles. The zero-order valence-corrected chi connectivity index (χ0v) is 12.9. The number of hydrogen-bond acceptors (Lipinski definition) is 3. The summed E-state index contributed by atoms with van der Waals surface area (Å²) in [6.07, 6.45) is 4.92. The van der Waals surface area contributed by atoms with Gasteiger partial charge in [-0.15, -0.1) is 6.58 Å². The highest BCUT2D eigenvalue weighted by Crippen LogP contribution is 2.47. The van der Waals surface area contributed by atoms with Crippen molar-refractivity contribution in [1.29, 1.82) is 0 Å². The average Bonchev–Trinajstić information content (AvgIpc) is 2.80. The molecule has 1 aromatic rings. The minimum absolute atomic E-state index is 0.103. The Morgan fingerprint density at radius 2 is 2.14 bits per heavy atom. The number of piperidine rings is 1. The maximum atomic E-state index is 13.2. The molecule has 2 fully saturated rings. The van der Waals surface area contributed by atoms with Crippen molar-refractivity contribution in [2.75, 3.05) is 13.7 Å². The molecule has 2 saturated heterocycles. The zero-order chi connectivity index (χ0) is 15.7. The van der Waals surface area contributed by atoms with Crippen LogP contribution in [0.5, 0.6) is 0 Å². The fourth-order valence-corrected chi connectivity index (χ4v) is 4.26. The van der Waals surface area contributed by atoms with E-state index >= 15 is 0 Å². The lowest BCUT2D eigenvalue weighted by atomic mass is 9.76. The number of carbonyl (C=O) groups excluding carboxylic acids is 1. The molecular weight excluding hydrogens is 281 g/mol. The molecule has 0 N–H and O–H groups in total. The van der Waals surface area contributed by atoms with E-state index < -0.39 is 0 Å². The predicted molar refractivity (Wildman–Crippen MR) is 83.0 cm³/mol. The number of hydrogen-bond donors (Lipinski definition) is 0. The Morgan fingerprint density at radius 3 is 2.77 bits per heavy atom. The summed E-state index contributed by atoms with van der Waals surface area (Å²) in [5.74, 6) is -0.486. The molecule has 0 aromatic heterocycles. The van der Waals surface area contributed by atoms with Crippen LogP contribution >= 0.6 is 0 Å². The highest BCUT2D eigenvalue weighted by molar-refractivity contribution is 5.75. The fourth-order valence-electron chi connectivity index (χ4n) is 4.26. The Bertz CT molecular complexity index is 557. The van der Waals surface area contributed by atoms with E-state index in [1.54, 1.807) is 12.1 Å². The maximum absolute atomic E-state index is 13.2. The standard InChI is InChI=1S/C18H22FNO2/c1-3-10-20-14-8-9-16(20)17(18(21)22-2)15(11-14)12-4-6-13(19)7-5-12/h3-7,14-17H,1,8-11H2,2H3/t14-,15+,16+,17-/m0/s1. The van der Waals surface area contributed by atoms with Crippen molar-refractivity contribution < 1.29 is 13.9 Å². The van der Waals surface area contributed by atoms with Crippen LogP contribution in [0.2, 0.25) is 0 Å². The molecule has 0 radical (unpaired) electrons. The van der Waals surface area contributed by atoms with Crippen molar-refractivity contribution in [3.63, 3.8) is 0 Å². The molecule has 1 aromatic carbocycles. The van der Waals surface area contributed by atoms with Gasteiger partial charge in [-0.25, -0.2) is 4.39 Å². The van der Waals surface area contributed by atoms with Gasteiger partial charge in [-0.1, -0.05) is 18.2 Å².